The summed E-state index contributed by atoms with van der Waals surface area (Å²) in [5, 5.41) is 9.06. The fourth-order valence-electron chi connectivity index (χ4n) is 2.89. The summed E-state index contributed by atoms with van der Waals surface area (Å²) >= 11 is 0. The van der Waals surface area contributed by atoms with E-state index in [4.69, 9.17) is 10.8 Å². The monoisotopic (exact) mass is 240 g/mol. The van der Waals surface area contributed by atoms with Crippen molar-refractivity contribution in [3.8, 4) is 0 Å². The minimum atomic E-state index is -0.872. The van der Waals surface area contributed by atoms with Gasteiger partial charge in [0, 0.05) is 18.5 Å². The summed E-state index contributed by atoms with van der Waals surface area (Å²) in [5.41, 5.74) is 5.81. The minimum absolute atomic E-state index is 0.00486. The van der Waals surface area contributed by atoms with E-state index in [0.717, 1.165) is 32.1 Å². The molecular weight excluding hydrogens is 220 g/mol. The van der Waals surface area contributed by atoms with Crippen molar-refractivity contribution >= 4 is 11.9 Å². The average molecular weight is 240 g/mol. The van der Waals surface area contributed by atoms with E-state index in [9.17, 15) is 9.59 Å². The molecule has 0 aromatic heterocycles. The van der Waals surface area contributed by atoms with Crippen LogP contribution in [0.5, 0.6) is 0 Å². The van der Waals surface area contributed by atoms with Crippen LogP contribution >= 0.6 is 0 Å². The maximum atomic E-state index is 12.2. The smallest absolute Gasteiger partial charge is 0.326 e. The SMILES string of the molecule is NC1CCC(C(=O)N2CCC[C@@H]2C(=O)O)CC1. The van der Waals surface area contributed by atoms with Crippen LogP contribution in [0.15, 0.2) is 0 Å². The van der Waals surface area contributed by atoms with Crippen molar-refractivity contribution < 1.29 is 14.7 Å². The molecule has 5 nitrogen and oxygen atoms in total. The van der Waals surface area contributed by atoms with E-state index in [1.807, 2.05) is 0 Å². The molecule has 1 aliphatic carbocycles. The van der Waals surface area contributed by atoms with E-state index in [1.165, 1.54) is 0 Å². The predicted molar refractivity (Wildman–Crippen MR) is 62.3 cm³/mol. The van der Waals surface area contributed by atoms with Crippen LogP contribution in [0.2, 0.25) is 0 Å². The highest BCUT2D eigenvalue weighted by Gasteiger charge is 2.37. The van der Waals surface area contributed by atoms with Crippen molar-refractivity contribution in [3.63, 3.8) is 0 Å². The van der Waals surface area contributed by atoms with Crippen LogP contribution < -0.4 is 5.73 Å². The standard InChI is InChI=1S/C12H20N2O3/c13-9-5-3-8(4-6-9)11(15)14-7-1-2-10(14)12(16)17/h8-10H,1-7,13H2,(H,16,17)/t8?,9?,10-/m1/s1. The second kappa shape index (κ2) is 5.04. The summed E-state index contributed by atoms with van der Waals surface area (Å²) in [6.45, 7) is 0.596. The molecule has 17 heavy (non-hydrogen) atoms. The second-order valence-electron chi connectivity index (χ2n) is 5.14. The number of hydrogen-bond donors (Lipinski definition) is 2. The van der Waals surface area contributed by atoms with Gasteiger partial charge in [0.05, 0.1) is 0 Å². The fraction of sp³-hybridized carbons (Fsp3) is 0.833. The Hall–Kier alpha value is -1.10. The molecule has 1 amide bonds. The van der Waals surface area contributed by atoms with Gasteiger partial charge < -0.3 is 15.7 Å². The summed E-state index contributed by atoms with van der Waals surface area (Å²) in [6.07, 6.45) is 4.76. The van der Waals surface area contributed by atoms with Crippen LogP contribution in [0, 0.1) is 5.92 Å². The van der Waals surface area contributed by atoms with E-state index >= 15 is 0 Å². The van der Waals surface area contributed by atoms with Crippen molar-refractivity contribution in [1.82, 2.24) is 4.90 Å². The summed E-state index contributed by atoms with van der Waals surface area (Å²) in [7, 11) is 0. The van der Waals surface area contributed by atoms with Crippen LogP contribution in [-0.2, 0) is 9.59 Å². The van der Waals surface area contributed by atoms with Gasteiger partial charge in [0.25, 0.3) is 0 Å². The number of carbonyl (C=O) groups excluding carboxylic acids is 1. The van der Waals surface area contributed by atoms with Gasteiger partial charge >= 0.3 is 5.97 Å². The first-order valence-corrected chi connectivity index (χ1v) is 6.38. The fourth-order valence-corrected chi connectivity index (χ4v) is 2.89. The molecule has 1 aliphatic heterocycles. The lowest BCUT2D eigenvalue weighted by molar-refractivity contribution is -0.150. The normalized spacial score (nSPS) is 33.7. The molecule has 3 N–H and O–H groups in total. The van der Waals surface area contributed by atoms with E-state index in [1.54, 1.807) is 4.90 Å². The number of rotatable bonds is 2. The first-order chi connectivity index (χ1) is 8.09. The molecule has 1 atom stereocenters. The Kier molecular flexibility index (Phi) is 3.66. The van der Waals surface area contributed by atoms with Gasteiger partial charge in [0.15, 0.2) is 0 Å². The quantitative estimate of drug-likeness (QED) is 0.739. The van der Waals surface area contributed by atoms with Crippen LogP contribution in [-0.4, -0.2) is 40.5 Å². The van der Waals surface area contributed by atoms with Crippen molar-refractivity contribution in [2.75, 3.05) is 6.54 Å². The highest BCUT2D eigenvalue weighted by Crippen LogP contribution is 2.28. The summed E-state index contributed by atoms with van der Waals surface area (Å²) < 4.78 is 0. The number of carboxylic acids is 1. The molecule has 2 aliphatic rings. The Balaban J connectivity index is 1.97. The molecule has 1 heterocycles. The topological polar surface area (TPSA) is 83.6 Å². The van der Waals surface area contributed by atoms with Crippen molar-refractivity contribution in [1.29, 1.82) is 0 Å². The average Bonchev–Trinajstić information content (AvgIpc) is 2.78. The van der Waals surface area contributed by atoms with E-state index in [-0.39, 0.29) is 17.9 Å². The molecule has 0 radical (unpaired) electrons. The molecule has 1 saturated heterocycles. The first kappa shape index (κ1) is 12.4. The second-order valence-corrected chi connectivity index (χ2v) is 5.14. The van der Waals surface area contributed by atoms with Crippen LogP contribution in [0.25, 0.3) is 0 Å². The van der Waals surface area contributed by atoms with Gasteiger partial charge in [-0.05, 0) is 38.5 Å². The van der Waals surface area contributed by atoms with Crippen molar-refractivity contribution in [2.24, 2.45) is 11.7 Å². The zero-order valence-corrected chi connectivity index (χ0v) is 9.97. The number of hydrogen-bond acceptors (Lipinski definition) is 3. The van der Waals surface area contributed by atoms with E-state index in [0.29, 0.717) is 13.0 Å². The molecular formula is C12H20N2O3. The molecule has 2 fully saturated rings. The van der Waals surface area contributed by atoms with Crippen LogP contribution in [0.3, 0.4) is 0 Å². The molecule has 1 saturated carbocycles. The number of carboxylic acid groups (broad SMARTS) is 1. The first-order valence-electron chi connectivity index (χ1n) is 6.38. The molecule has 96 valence electrons. The number of nitrogens with two attached hydrogens (primary N) is 1. The lowest BCUT2D eigenvalue weighted by Crippen LogP contribution is -2.45. The summed E-state index contributed by atoms with van der Waals surface area (Å²) in [6, 6.07) is -0.383. The maximum Gasteiger partial charge on any atom is 0.326 e. The number of carbonyl (C=O) groups is 2. The van der Waals surface area contributed by atoms with Gasteiger partial charge in [0.1, 0.15) is 6.04 Å². The lowest BCUT2D eigenvalue weighted by Gasteiger charge is -2.30. The summed E-state index contributed by atoms with van der Waals surface area (Å²) in [4.78, 5) is 24.8. The Morgan fingerprint density at radius 1 is 1.12 bits per heavy atom. The largest absolute Gasteiger partial charge is 0.480 e. The van der Waals surface area contributed by atoms with Crippen molar-refractivity contribution in [2.45, 2.75) is 50.6 Å². The van der Waals surface area contributed by atoms with Gasteiger partial charge in [-0.3, -0.25) is 4.79 Å². The molecule has 2 rings (SSSR count). The Morgan fingerprint density at radius 2 is 1.76 bits per heavy atom. The van der Waals surface area contributed by atoms with Gasteiger partial charge in [-0.2, -0.15) is 0 Å². The third kappa shape index (κ3) is 2.60. The lowest BCUT2D eigenvalue weighted by atomic mass is 9.85. The number of aliphatic carboxylic acids is 1. The van der Waals surface area contributed by atoms with Crippen LogP contribution in [0.1, 0.15) is 38.5 Å². The van der Waals surface area contributed by atoms with E-state index < -0.39 is 12.0 Å². The molecule has 0 spiro atoms. The van der Waals surface area contributed by atoms with Gasteiger partial charge in [-0.25, -0.2) is 4.79 Å². The van der Waals surface area contributed by atoms with E-state index in [2.05, 4.69) is 0 Å². The van der Waals surface area contributed by atoms with Gasteiger partial charge in [-0.1, -0.05) is 0 Å². The predicted octanol–water partition coefficient (Wildman–Crippen LogP) is 0.579. The zero-order chi connectivity index (χ0) is 12.4. The molecule has 0 unspecified atom stereocenters. The molecule has 0 aromatic carbocycles. The highest BCUT2D eigenvalue weighted by molar-refractivity contribution is 5.85. The zero-order valence-electron chi connectivity index (χ0n) is 9.97. The molecule has 5 heteroatoms. The number of amides is 1. The number of nitrogens with zero attached hydrogens (tertiary/aromatic N) is 1. The molecule has 0 aromatic rings. The Labute approximate surface area is 101 Å². The Bertz CT molecular complexity index is 311. The van der Waals surface area contributed by atoms with Crippen molar-refractivity contribution in [3.05, 3.63) is 0 Å². The minimum Gasteiger partial charge on any atom is -0.480 e. The number of likely N-dealkylation sites (tertiary alicyclic amines) is 1. The van der Waals surface area contributed by atoms with Crippen LogP contribution in [0.4, 0.5) is 0 Å². The van der Waals surface area contributed by atoms with Gasteiger partial charge in [-0.15, -0.1) is 0 Å². The molecule has 0 bridgehead atoms. The Morgan fingerprint density at radius 3 is 2.35 bits per heavy atom. The third-order valence-electron chi connectivity index (χ3n) is 3.94. The highest BCUT2D eigenvalue weighted by atomic mass is 16.4. The van der Waals surface area contributed by atoms with Gasteiger partial charge in [0.2, 0.25) is 5.91 Å². The third-order valence-corrected chi connectivity index (χ3v) is 3.94. The summed E-state index contributed by atoms with van der Waals surface area (Å²) in [5.74, 6) is -0.847. The maximum absolute atomic E-state index is 12.2.